The molecule has 1 aliphatic rings. The molecule has 0 amide bonds. The van der Waals surface area contributed by atoms with Crippen molar-refractivity contribution in [3.63, 3.8) is 0 Å². The quantitative estimate of drug-likeness (QED) is 0.818. The molecule has 0 radical (unpaired) electrons. The number of anilines is 1. The van der Waals surface area contributed by atoms with E-state index in [0.717, 1.165) is 18.5 Å². The summed E-state index contributed by atoms with van der Waals surface area (Å²) in [7, 11) is 0. The molecule has 0 aliphatic heterocycles. The third-order valence-corrected chi connectivity index (χ3v) is 4.69. The maximum absolute atomic E-state index is 5.85. The molecule has 2 rings (SSSR count). The molecule has 21 heavy (non-hydrogen) atoms. The van der Waals surface area contributed by atoms with Crippen LogP contribution in [-0.4, -0.2) is 6.54 Å². The van der Waals surface area contributed by atoms with Gasteiger partial charge >= 0.3 is 0 Å². The lowest BCUT2D eigenvalue weighted by atomic mass is 9.75. The Bertz CT molecular complexity index is 564. The van der Waals surface area contributed by atoms with E-state index < -0.39 is 0 Å². The molecule has 1 atom stereocenters. The van der Waals surface area contributed by atoms with Crippen molar-refractivity contribution in [2.45, 2.75) is 46.0 Å². The molecule has 4 N–H and O–H groups in total. The van der Waals surface area contributed by atoms with Crippen LogP contribution < -0.4 is 11.5 Å². The third-order valence-electron chi connectivity index (χ3n) is 4.69. The van der Waals surface area contributed by atoms with Crippen molar-refractivity contribution in [3.05, 3.63) is 53.1 Å². The summed E-state index contributed by atoms with van der Waals surface area (Å²) in [5, 5.41) is 0. The molecule has 0 saturated heterocycles. The fraction of sp³-hybridized carbons (Fsp3) is 0.474. The first-order valence-corrected chi connectivity index (χ1v) is 7.83. The van der Waals surface area contributed by atoms with Crippen molar-refractivity contribution < 1.29 is 0 Å². The SMILES string of the molecule is CCC=C1/C(=C\CN)C(C)(C)CC1(C)c1ccc(N)cc1. The highest BCUT2D eigenvalue weighted by atomic mass is 14.6. The van der Waals surface area contributed by atoms with Crippen LogP contribution in [0.2, 0.25) is 0 Å². The van der Waals surface area contributed by atoms with Gasteiger partial charge in [-0.3, -0.25) is 0 Å². The molecule has 1 saturated carbocycles. The Morgan fingerprint density at radius 2 is 1.67 bits per heavy atom. The Hall–Kier alpha value is -1.54. The average molecular weight is 284 g/mol. The molecular formula is C19H28N2. The highest BCUT2D eigenvalue weighted by molar-refractivity contribution is 5.55. The number of allylic oxidation sites excluding steroid dienone is 3. The molecule has 1 aromatic rings. The third kappa shape index (κ3) is 2.77. The number of nitrogen functional groups attached to an aromatic ring is 1. The second-order valence-corrected chi connectivity index (χ2v) is 6.89. The van der Waals surface area contributed by atoms with E-state index >= 15 is 0 Å². The molecule has 1 aromatic carbocycles. The van der Waals surface area contributed by atoms with Crippen LogP contribution in [0.4, 0.5) is 5.69 Å². The van der Waals surface area contributed by atoms with E-state index in [9.17, 15) is 0 Å². The molecule has 1 fully saturated rings. The molecule has 2 nitrogen and oxygen atoms in total. The molecule has 1 aliphatic carbocycles. The minimum Gasteiger partial charge on any atom is -0.399 e. The number of hydrogen-bond donors (Lipinski definition) is 2. The Morgan fingerprint density at radius 1 is 1.05 bits per heavy atom. The van der Waals surface area contributed by atoms with E-state index in [-0.39, 0.29) is 10.8 Å². The van der Waals surface area contributed by atoms with E-state index in [1.165, 1.54) is 16.7 Å². The summed E-state index contributed by atoms with van der Waals surface area (Å²) in [6, 6.07) is 8.34. The van der Waals surface area contributed by atoms with Gasteiger partial charge in [-0.05, 0) is 47.1 Å². The van der Waals surface area contributed by atoms with Gasteiger partial charge in [0.25, 0.3) is 0 Å². The van der Waals surface area contributed by atoms with Crippen LogP contribution in [-0.2, 0) is 5.41 Å². The van der Waals surface area contributed by atoms with Gasteiger partial charge in [0.05, 0.1) is 0 Å². The Kier molecular flexibility index (Phi) is 4.29. The number of hydrogen-bond acceptors (Lipinski definition) is 2. The summed E-state index contributed by atoms with van der Waals surface area (Å²) < 4.78 is 0. The van der Waals surface area contributed by atoms with Crippen molar-refractivity contribution in [2.24, 2.45) is 11.1 Å². The smallest absolute Gasteiger partial charge is 0.0314 e. The molecule has 2 heteroatoms. The maximum Gasteiger partial charge on any atom is 0.0314 e. The maximum atomic E-state index is 5.85. The summed E-state index contributed by atoms with van der Waals surface area (Å²) in [6.07, 6.45) is 6.70. The summed E-state index contributed by atoms with van der Waals surface area (Å²) in [4.78, 5) is 0. The minimum absolute atomic E-state index is 0.0359. The van der Waals surface area contributed by atoms with Crippen molar-refractivity contribution >= 4 is 5.69 Å². The molecule has 0 spiro atoms. The lowest BCUT2D eigenvalue weighted by Crippen LogP contribution is -2.21. The van der Waals surface area contributed by atoms with Gasteiger partial charge in [0, 0.05) is 17.6 Å². The summed E-state index contributed by atoms with van der Waals surface area (Å²) in [5.41, 5.74) is 16.8. The zero-order valence-corrected chi connectivity index (χ0v) is 13.7. The fourth-order valence-corrected chi connectivity index (χ4v) is 3.89. The Morgan fingerprint density at radius 3 is 2.19 bits per heavy atom. The predicted molar refractivity (Wildman–Crippen MR) is 92.1 cm³/mol. The zero-order valence-electron chi connectivity index (χ0n) is 13.7. The molecule has 0 aromatic heterocycles. The van der Waals surface area contributed by atoms with Crippen LogP contribution in [0.3, 0.4) is 0 Å². The second kappa shape index (κ2) is 5.69. The lowest BCUT2D eigenvalue weighted by molar-refractivity contribution is 0.388. The van der Waals surface area contributed by atoms with Gasteiger partial charge in [-0.2, -0.15) is 0 Å². The van der Waals surface area contributed by atoms with Gasteiger partial charge < -0.3 is 11.5 Å². The number of nitrogens with two attached hydrogens (primary N) is 2. The van der Waals surface area contributed by atoms with Crippen molar-refractivity contribution in [2.75, 3.05) is 12.3 Å². The predicted octanol–water partition coefficient (Wildman–Crippen LogP) is 4.18. The summed E-state index contributed by atoms with van der Waals surface area (Å²) >= 11 is 0. The van der Waals surface area contributed by atoms with E-state index in [1.807, 2.05) is 12.1 Å². The standard InChI is InChI=1S/C19H28N2/c1-5-6-17-16(11-12-20)18(2,3)13-19(17,4)14-7-9-15(21)10-8-14/h6-11H,5,12-13,20-21H2,1-4H3/b16-11+,17-6?. The van der Waals surface area contributed by atoms with Crippen molar-refractivity contribution in [1.29, 1.82) is 0 Å². The second-order valence-electron chi connectivity index (χ2n) is 6.89. The monoisotopic (exact) mass is 284 g/mol. The van der Waals surface area contributed by atoms with Crippen LogP contribution in [0.25, 0.3) is 0 Å². The first kappa shape index (κ1) is 15.8. The molecular weight excluding hydrogens is 256 g/mol. The average Bonchev–Trinajstić information content (AvgIpc) is 2.61. The van der Waals surface area contributed by atoms with Gasteiger partial charge in [-0.25, -0.2) is 0 Å². The van der Waals surface area contributed by atoms with Gasteiger partial charge in [0.1, 0.15) is 0 Å². The van der Waals surface area contributed by atoms with E-state index in [1.54, 1.807) is 0 Å². The first-order valence-electron chi connectivity index (χ1n) is 7.83. The van der Waals surface area contributed by atoms with Crippen LogP contribution in [0.1, 0.15) is 46.1 Å². The normalized spacial score (nSPS) is 28.4. The van der Waals surface area contributed by atoms with Gasteiger partial charge in [-0.1, -0.05) is 52.0 Å². The molecule has 1 unspecified atom stereocenters. The van der Waals surface area contributed by atoms with E-state index in [4.69, 9.17) is 11.5 Å². The first-order chi connectivity index (χ1) is 9.85. The van der Waals surface area contributed by atoms with Gasteiger partial charge in [0.15, 0.2) is 0 Å². The number of benzene rings is 1. The van der Waals surface area contributed by atoms with Crippen LogP contribution in [0, 0.1) is 5.41 Å². The van der Waals surface area contributed by atoms with Crippen molar-refractivity contribution in [1.82, 2.24) is 0 Å². The van der Waals surface area contributed by atoms with E-state index in [2.05, 4.69) is 52.0 Å². The van der Waals surface area contributed by atoms with E-state index in [0.29, 0.717) is 6.54 Å². The molecule has 114 valence electrons. The topological polar surface area (TPSA) is 52.0 Å². The van der Waals surface area contributed by atoms with Crippen LogP contribution in [0.5, 0.6) is 0 Å². The van der Waals surface area contributed by atoms with Gasteiger partial charge in [0.2, 0.25) is 0 Å². The highest BCUT2D eigenvalue weighted by Gasteiger charge is 2.47. The fourth-order valence-electron chi connectivity index (χ4n) is 3.89. The van der Waals surface area contributed by atoms with Gasteiger partial charge in [-0.15, -0.1) is 0 Å². The van der Waals surface area contributed by atoms with Crippen molar-refractivity contribution in [3.8, 4) is 0 Å². The molecule has 0 bridgehead atoms. The molecule has 0 heterocycles. The summed E-state index contributed by atoms with van der Waals surface area (Å²) in [6.45, 7) is 9.78. The Balaban J connectivity index is 2.59. The summed E-state index contributed by atoms with van der Waals surface area (Å²) in [5.74, 6) is 0. The van der Waals surface area contributed by atoms with Crippen LogP contribution >= 0.6 is 0 Å². The van der Waals surface area contributed by atoms with Crippen LogP contribution in [0.15, 0.2) is 47.6 Å². The number of rotatable bonds is 3. The zero-order chi connectivity index (χ0) is 15.7. The largest absolute Gasteiger partial charge is 0.399 e. The Labute approximate surface area is 128 Å². The highest BCUT2D eigenvalue weighted by Crippen LogP contribution is 2.57. The minimum atomic E-state index is 0.0359. The lowest BCUT2D eigenvalue weighted by Gasteiger charge is -2.28.